The zero-order valence-corrected chi connectivity index (χ0v) is 12.6. The number of carbonyl (C=O) groups excluding carboxylic acids is 1. The fraction of sp³-hybridized carbons (Fsp3) is 0.235. The van der Waals surface area contributed by atoms with Crippen molar-refractivity contribution in [1.82, 2.24) is 0 Å². The van der Waals surface area contributed by atoms with Crippen LogP contribution in [0.5, 0.6) is 0 Å². The van der Waals surface area contributed by atoms with E-state index in [0.717, 1.165) is 0 Å². The molecule has 0 aromatic heterocycles. The Morgan fingerprint density at radius 1 is 0.955 bits per heavy atom. The Hall–Kier alpha value is -2.21. The monoisotopic (exact) mass is 301 g/mol. The minimum absolute atomic E-state index is 0.409. The largest absolute Gasteiger partial charge is 0.437 e. The second-order valence-corrected chi connectivity index (χ2v) is 4.63. The van der Waals surface area contributed by atoms with E-state index in [1.807, 2.05) is 24.3 Å². The highest BCUT2D eigenvalue weighted by molar-refractivity contribution is 5.89. The predicted molar refractivity (Wildman–Crippen MR) is 82.0 cm³/mol. The molecule has 1 unspecified atom stereocenters. The van der Waals surface area contributed by atoms with Crippen molar-refractivity contribution < 1.29 is 19.0 Å². The van der Waals surface area contributed by atoms with Gasteiger partial charge in [0.15, 0.2) is 0 Å². The second-order valence-electron chi connectivity index (χ2n) is 4.63. The number of methoxy groups -OCH3 is 2. The van der Waals surface area contributed by atoms with E-state index in [9.17, 15) is 4.79 Å². The first-order chi connectivity index (χ1) is 10.6. The van der Waals surface area contributed by atoms with Crippen LogP contribution in [0.1, 0.15) is 15.9 Å². The maximum atomic E-state index is 12.2. The molecular formula is C17H19NO4. The van der Waals surface area contributed by atoms with Crippen molar-refractivity contribution in [2.24, 2.45) is 5.73 Å². The molecule has 22 heavy (non-hydrogen) atoms. The Morgan fingerprint density at radius 2 is 1.45 bits per heavy atom. The van der Waals surface area contributed by atoms with Crippen molar-refractivity contribution in [3.05, 3.63) is 71.8 Å². The summed E-state index contributed by atoms with van der Waals surface area (Å²) in [6.07, 6.45) is -1.13. The van der Waals surface area contributed by atoms with Gasteiger partial charge in [-0.1, -0.05) is 48.5 Å². The highest BCUT2D eigenvalue weighted by atomic mass is 16.7. The number of rotatable bonds is 6. The Bertz CT molecular complexity index is 597. The summed E-state index contributed by atoms with van der Waals surface area (Å²) < 4.78 is 16.2. The average molecular weight is 301 g/mol. The van der Waals surface area contributed by atoms with Gasteiger partial charge < -0.3 is 14.2 Å². The molecule has 2 aromatic rings. The van der Waals surface area contributed by atoms with Gasteiger partial charge >= 0.3 is 5.97 Å². The molecule has 0 bridgehead atoms. The van der Waals surface area contributed by atoms with E-state index in [2.05, 4.69) is 0 Å². The van der Waals surface area contributed by atoms with Gasteiger partial charge in [-0.2, -0.15) is 0 Å². The van der Waals surface area contributed by atoms with Crippen molar-refractivity contribution in [2.75, 3.05) is 14.2 Å². The molecule has 0 spiro atoms. The smallest absolute Gasteiger partial charge is 0.339 e. The van der Waals surface area contributed by atoms with Crippen LogP contribution in [0.25, 0.3) is 0 Å². The normalized spacial score (nSPS) is 12.7. The summed E-state index contributed by atoms with van der Waals surface area (Å²) in [6, 6.07) is 17.7. The van der Waals surface area contributed by atoms with Gasteiger partial charge in [0.2, 0.25) is 12.0 Å². The SMILES string of the molecule is COC(OC)(c1ccccc1)C(N)OC(=O)c1ccccc1. The zero-order chi connectivity index (χ0) is 16.0. The number of nitrogens with two attached hydrogens (primary N) is 1. The maximum absolute atomic E-state index is 12.2. The molecular weight excluding hydrogens is 282 g/mol. The summed E-state index contributed by atoms with van der Waals surface area (Å²) in [5.41, 5.74) is 7.12. The van der Waals surface area contributed by atoms with Crippen LogP contribution in [-0.4, -0.2) is 26.4 Å². The van der Waals surface area contributed by atoms with Gasteiger partial charge in [0, 0.05) is 19.8 Å². The Balaban J connectivity index is 2.24. The van der Waals surface area contributed by atoms with Gasteiger partial charge in [0.1, 0.15) is 0 Å². The first-order valence-electron chi connectivity index (χ1n) is 6.81. The molecule has 2 aromatic carbocycles. The number of carbonyl (C=O) groups is 1. The molecule has 0 aliphatic heterocycles. The lowest BCUT2D eigenvalue weighted by Crippen LogP contribution is -2.51. The molecule has 2 rings (SSSR count). The molecule has 0 radical (unpaired) electrons. The van der Waals surface area contributed by atoms with Crippen LogP contribution in [0.2, 0.25) is 0 Å². The average Bonchev–Trinajstić information content (AvgIpc) is 2.58. The van der Waals surface area contributed by atoms with Crippen LogP contribution < -0.4 is 5.73 Å². The maximum Gasteiger partial charge on any atom is 0.339 e. The molecule has 1 atom stereocenters. The zero-order valence-electron chi connectivity index (χ0n) is 12.6. The van der Waals surface area contributed by atoms with Crippen molar-refractivity contribution >= 4 is 5.97 Å². The molecule has 0 heterocycles. The van der Waals surface area contributed by atoms with Gasteiger partial charge in [-0.25, -0.2) is 4.79 Å². The minimum Gasteiger partial charge on any atom is -0.437 e. The van der Waals surface area contributed by atoms with Crippen LogP contribution in [0, 0.1) is 0 Å². The molecule has 0 aliphatic rings. The number of hydrogen-bond donors (Lipinski definition) is 1. The van der Waals surface area contributed by atoms with E-state index in [-0.39, 0.29) is 0 Å². The highest BCUT2D eigenvalue weighted by Gasteiger charge is 2.42. The number of benzene rings is 2. The standard InChI is InChI=1S/C17H19NO4/c1-20-17(21-2,14-11-7-4-8-12-14)16(18)22-15(19)13-9-5-3-6-10-13/h3-12,16H,18H2,1-2H3. The predicted octanol–water partition coefficient (Wildman–Crippen LogP) is 2.27. The van der Waals surface area contributed by atoms with Crippen LogP contribution in [0.15, 0.2) is 60.7 Å². The summed E-state index contributed by atoms with van der Waals surface area (Å²) in [5.74, 6) is -1.91. The Morgan fingerprint density at radius 3 is 1.95 bits per heavy atom. The van der Waals surface area contributed by atoms with Crippen molar-refractivity contribution in [3.8, 4) is 0 Å². The molecule has 5 nitrogen and oxygen atoms in total. The van der Waals surface area contributed by atoms with Crippen LogP contribution in [-0.2, 0) is 20.0 Å². The lowest BCUT2D eigenvalue weighted by Gasteiger charge is -2.35. The van der Waals surface area contributed by atoms with Gasteiger partial charge in [0.05, 0.1) is 5.56 Å². The molecule has 2 N–H and O–H groups in total. The van der Waals surface area contributed by atoms with Gasteiger partial charge in [-0.05, 0) is 12.1 Å². The number of hydrogen-bond acceptors (Lipinski definition) is 5. The van der Waals surface area contributed by atoms with E-state index in [1.54, 1.807) is 36.4 Å². The van der Waals surface area contributed by atoms with Crippen molar-refractivity contribution in [2.45, 2.75) is 12.0 Å². The molecule has 0 aliphatic carbocycles. The summed E-state index contributed by atoms with van der Waals surface area (Å²) >= 11 is 0. The molecule has 0 fully saturated rings. The van der Waals surface area contributed by atoms with E-state index < -0.39 is 18.0 Å². The number of ether oxygens (including phenoxy) is 3. The van der Waals surface area contributed by atoms with Gasteiger partial charge in [0.25, 0.3) is 0 Å². The highest BCUT2D eigenvalue weighted by Crippen LogP contribution is 2.30. The first kappa shape index (κ1) is 16.2. The lowest BCUT2D eigenvalue weighted by atomic mass is 10.0. The van der Waals surface area contributed by atoms with E-state index in [4.69, 9.17) is 19.9 Å². The summed E-state index contributed by atoms with van der Waals surface area (Å²) in [5, 5.41) is 0. The third kappa shape index (κ3) is 3.17. The molecule has 0 amide bonds. The molecule has 0 saturated heterocycles. The summed E-state index contributed by atoms with van der Waals surface area (Å²) in [7, 11) is 2.90. The second kappa shape index (κ2) is 7.17. The molecule has 116 valence electrons. The van der Waals surface area contributed by atoms with Crippen molar-refractivity contribution in [3.63, 3.8) is 0 Å². The summed E-state index contributed by atoms with van der Waals surface area (Å²) in [4.78, 5) is 12.2. The molecule has 0 saturated carbocycles. The van der Waals surface area contributed by atoms with Crippen LogP contribution in [0.4, 0.5) is 0 Å². The van der Waals surface area contributed by atoms with E-state index >= 15 is 0 Å². The minimum atomic E-state index is -1.37. The third-order valence-electron chi connectivity index (χ3n) is 3.40. The lowest BCUT2D eigenvalue weighted by molar-refractivity contribution is -0.266. The molecule has 5 heteroatoms. The Kier molecular flexibility index (Phi) is 5.27. The fourth-order valence-corrected chi connectivity index (χ4v) is 2.22. The quantitative estimate of drug-likeness (QED) is 0.654. The van der Waals surface area contributed by atoms with E-state index in [0.29, 0.717) is 11.1 Å². The van der Waals surface area contributed by atoms with Crippen LogP contribution >= 0.6 is 0 Å². The number of esters is 1. The van der Waals surface area contributed by atoms with Crippen LogP contribution in [0.3, 0.4) is 0 Å². The third-order valence-corrected chi connectivity index (χ3v) is 3.40. The van der Waals surface area contributed by atoms with E-state index in [1.165, 1.54) is 14.2 Å². The topological polar surface area (TPSA) is 70.8 Å². The fourth-order valence-electron chi connectivity index (χ4n) is 2.22. The van der Waals surface area contributed by atoms with Gasteiger partial charge in [-0.3, -0.25) is 5.73 Å². The Labute approximate surface area is 129 Å². The first-order valence-corrected chi connectivity index (χ1v) is 6.81. The van der Waals surface area contributed by atoms with Crippen molar-refractivity contribution in [1.29, 1.82) is 0 Å². The summed E-state index contributed by atoms with van der Waals surface area (Å²) in [6.45, 7) is 0. The van der Waals surface area contributed by atoms with Gasteiger partial charge in [-0.15, -0.1) is 0 Å².